The molecule has 0 aromatic heterocycles. The highest BCUT2D eigenvalue weighted by molar-refractivity contribution is 5.94. The largest absolute Gasteiger partial charge is 0.491 e. The second kappa shape index (κ2) is 9.83. The minimum absolute atomic E-state index is 0. The number of carbonyl (C=O) groups excluding carboxylic acids is 1. The van der Waals surface area contributed by atoms with Gasteiger partial charge in [0.2, 0.25) is 0 Å². The Kier molecular flexibility index (Phi) is 8.13. The number of ether oxygens (including phenoxy) is 1. The molecule has 1 atom stereocenters. The van der Waals surface area contributed by atoms with E-state index in [1.54, 1.807) is 12.1 Å². The molecule has 0 heterocycles. The van der Waals surface area contributed by atoms with E-state index in [4.69, 9.17) is 10.5 Å². The van der Waals surface area contributed by atoms with Crippen LogP contribution in [0.1, 0.15) is 36.2 Å². The molecule has 1 unspecified atom stereocenters. The Labute approximate surface area is 149 Å². The van der Waals surface area contributed by atoms with Gasteiger partial charge in [-0.15, -0.1) is 12.4 Å². The first-order chi connectivity index (χ1) is 11.1. The van der Waals surface area contributed by atoms with E-state index >= 15 is 0 Å². The molecule has 0 saturated heterocycles. The van der Waals surface area contributed by atoms with E-state index in [1.807, 2.05) is 43.3 Å². The van der Waals surface area contributed by atoms with Crippen molar-refractivity contribution in [2.24, 2.45) is 0 Å². The fourth-order valence-corrected chi connectivity index (χ4v) is 2.11. The lowest BCUT2D eigenvalue weighted by atomic mass is 10.1. The summed E-state index contributed by atoms with van der Waals surface area (Å²) < 4.78 is 5.70. The Bertz CT molecular complexity index is 627. The van der Waals surface area contributed by atoms with Crippen molar-refractivity contribution in [3.05, 3.63) is 59.7 Å². The zero-order valence-corrected chi connectivity index (χ0v) is 14.9. The zero-order valence-electron chi connectivity index (χ0n) is 14.1. The van der Waals surface area contributed by atoms with Crippen molar-refractivity contribution in [1.82, 2.24) is 5.32 Å². The molecule has 0 aliphatic heterocycles. The maximum atomic E-state index is 12.1. The Morgan fingerprint density at radius 3 is 2.33 bits per heavy atom. The third-order valence-corrected chi connectivity index (χ3v) is 3.71. The molecule has 4 nitrogen and oxygen atoms in total. The zero-order chi connectivity index (χ0) is 16.7. The summed E-state index contributed by atoms with van der Waals surface area (Å²) in [5.41, 5.74) is 8.19. The van der Waals surface area contributed by atoms with Crippen LogP contribution in [0.25, 0.3) is 0 Å². The summed E-state index contributed by atoms with van der Waals surface area (Å²) in [7, 11) is 0. The number of anilines is 1. The van der Waals surface area contributed by atoms with Gasteiger partial charge in [-0.2, -0.15) is 0 Å². The van der Waals surface area contributed by atoms with Gasteiger partial charge in [-0.25, -0.2) is 0 Å². The van der Waals surface area contributed by atoms with Crippen LogP contribution < -0.4 is 15.8 Å². The molecule has 0 fully saturated rings. The fourth-order valence-electron chi connectivity index (χ4n) is 2.11. The second-order valence-corrected chi connectivity index (χ2v) is 5.61. The van der Waals surface area contributed by atoms with E-state index in [2.05, 4.69) is 12.2 Å². The number of rotatable bonds is 7. The van der Waals surface area contributed by atoms with E-state index in [1.165, 1.54) is 0 Å². The first-order valence-corrected chi connectivity index (χ1v) is 7.98. The van der Waals surface area contributed by atoms with Crippen molar-refractivity contribution < 1.29 is 9.53 Å². The maximum absolute atomic E-state index is 12.1. The standard InChI is InChI=1S/C19H24N2O2.ClH/c1-3-14(2)23-18-10-6-16(7-11-18)19(22)21-13-12-15-4-8-17(20)9-5-15;/h4-11,14H,3,12-13,20H2,1-2H3,(H,21,22);1H. The Morgan fingerprint density at radius 2 is 1.75 bits per heavy atom. The van der Waals surface area contributed by atoms with Gasteiger partial charge in [0.15, 0.2) is 0 Å². The monoisotopic (exact) mass is 348 g/mol. The van der Waals surface area contributed by atoms with Crippen LogP contribution in [-0.2, 0) is 6.42 Å². The van der Waals surface area contributed by atoms with Crippen LogP contribution in [0.4, 0.5) is 5.69 Å². The van der Waals surface area contributed by atoms with Gasteiger partial charge in [-0.05, 0) is 61.7 Å². The van der Waals surface area contributed by atoms with Gasteiger partial charge in [-0.1, -0.05) is 19.1 Å². The van der Waals surface area contributed by atoms with Gasteiger partial charge in [0.1, 0.15) is 5.75 Å². The minimum Gasteiger partial charge on any atom is -0.491 e. The lowest BCUT2D eigenvalue weighted by molar-refractivity contribution is 0.0954. The summed E-state index contributed by atoms with van der Waals surface area (Å²) in [5.74, 6) is 0.716. The Hall–Kier alpha value is -2.20. The van der Waals surface area contributed by atoms with E-state index in [0.29, 0.717) is 12.1 Å². The molecule has 2 rings (SSSR count). The van der Waals surface area contributed by atoms with Crippen molar-refractivity contribution in [2.45, 2.75) is 32.8 Å². The molecule has 2 aromatic rings. The number of halogens is 1. The van der Waals surface area contributed by atoms with Crippen molar-refractivity contribution in [3.8, 4) is 5.75 Å². The molecule has 0 aliphatic rings. The van der Waals surface area contributed by atoms with Crippen molar-refractivity contribution in [1.29, 1.82) is 0 Å². The number of nitrogens with two attached hydrogens (primary N) is 1. The maximum Gasteiger partial charge on any atom is 0.251 e. The summed E-state index contributed by atoms with van der Waals surface area (Å²) in [5, 5.41) is 2.92. The normalized spacial score (nSPS) is 11.2. The fraction of sp³-hybridized carbons (Fsp3) is 0.316. The van der Waals surface area contributed by atoms with Gasteiger partial charge in [0.25, 0.3) is 5.91 Å². The van der Waals surface area contributed by atoms with Crippen molar-refractivity contribution in [3.63, 3.8) is 0 Å². The molecule has 0 saturated carbocycles. The van der Waals surface area contributed by atoms with Crippen LogP contribution in [0.3, 0.4) is 0 Å². The number of hydrogen-bond donors (Lipinski definition) is 2. The van der Waals surface area contributed by atoms with Crippen molar-refractivity contribution in [2.75, 3.05) is 12.3 Å². The van der Waals surface area contributed by atoms with Gasteiger partial charge in [0.05, 0.1) is 6.10 Å². The van der Waals surface area contributed by atoms with E-state index in [0.717, 1.165) is 29.8 Å². The quantitative estimate of drug-likeness (QED) is 0.747. The molecule has 5 heteroatoms. The third-order valence-electron chi connectivity index (χ3n) is 3.71. The third kappa shape index (κ3) is 6.13. The Morgan fingerprint density at radius 1 is 1.12 bits per heavy atom. The molecule has 0 spiro atoms. The lowest BCUT2D eigenvalue weighted by Crippen LogP contribution is -2.25. The highest BCUT2D eigenvalue weighted by Gasteiger charge is 2.06. The molecular formula is C19H25ClN2O2. The van der Waals surface area contributed by atoms with Crippen LogP contribution in [0.5, 0.6) is 5.75 Å². The Balaban J connectivity index is 0.00000288. The minimum atomic E-state index is -0.0736. The summed E-state index contributed by atoms with van der Waals surface area (Å²) in [6.45, 7) is 4.69. The highest BCUT2D eigenvalue weighted by Crippen LogP contribution is 2.15. The van der Waals surface area contributed by atoms with Gasteiger partial charge < -0.3 is 15.8 Å². The summed E-state index contributed by atoms with van der Waals surface area (Å²) in [4.78, 5) is 12.1. The molecule has 1 amide bonds. The first kappa shape index (κ1) is 19.8. The van der Waals surface area contributed by atoms with E-state index in [9.17, 15) is 4.79 Å². The summed E-state index contributed by atoms with van der Waals surface area (Å²) in [6.07, 6.45) is 1.91. The number of nitrogen functional groups attached to an aromatic ring is 1. The molecule has 0 bridgehead atoms. The molecular weight excluding hydrogens is 324 g/mol. The molecule has 24 heavy (non-hydrogen) atoms. The average Bonchev–Trinajstić information content (AvgIpc) is 2.57. The number of carbonyl (C=O) groups is 1. The first-order valence-electron chi connectivity index (χ1n) is 7.98. The second-order valence-electron chi connectivity index (χ2n) is 5.61. The van der Waals surface area contributed by atoms with Crippen LogP contribution in [0.15, 0.2) is 48.5 Å². The van der Waals surface area contributed by atoms with E-state index < -0.39 is 0 Å². The van der Waals surface area contributed by atoms with Gasteiger partial charge >= 0.3 is 0 Å². The van der Waals surface area contributed by atoms with Crippen LogP contribution in [0.2, 0.25) is 0 Å². The molecule has 2 aromatic carbocycles. The predicted molar refractivity (Wildman–Crippen MR) is 101 cm³/mol. The lowest BCUT2D eigenvalue weighted by Gasteiger charge is -2.12. The molecule has 3 N–H and O–H groups in total. The molecule has 130 valence electrons. The molecule has 0 aliphatic carbocycles. The van der Waals surface area contributed by atoms with Gasteiger partial charge in [-0.3, -0.25) is 4.79 Å². The SMILES string of the molecule is CCC(C)Oc1ccc(C(=O)NCCc2ccc(N)cc2)cc1.Cl. The topological polar surface area (TPSA) is 64.3 Å². The van der Waals surface area contributed by atoms with Gasteiger partial charge in [0, 0.05) is 17.8 Å². The van der Waals surface area contributed by atoms with Crippen LogP contribution in [0, 0.1) is 0 Å². The summed E-state index contributed by atoms with van der Waals surface area (Å²) in [6, 6.07) is 14.9. The van der Waals surface area contributed by atoms with E-state index in [-0.39, 0.29) is 24.4 Å². The number of nitrogens with one attached hydrogen (secondary N) is 1. The highest BCUT2D eigenvalue weighted by atomic mass is 35.5. The average molecular weight is 349 g/mol. The van der Waals surface area contributed by atoms with Crippen molar-refractivity contribution >= 4 is 24.0 Å². The number of hydrogen-bond acceptors (Lipinski definition) is 3. The number of amides is 1. The predicted octanol–water partition coefficient (Wildman–Crippen LogP) is 3.84. The number of benzene rings is 2. The van der Waals surface area contributed by atoms with Crippen LogP contribution >= 0.6 is 12.4 Å². The van der Waals surface area contributed by atoms with Crippen LogP contribution in [-0.4, -0.2) is 18.6 Å². The molecule has 0 radical (unpaired) electrons. The summed E-state index contributed by atoms with van der Waals surface area (Å²) >= 11 is 0. The smallest absolute Gasteiger partial charge is 0.251 e.